The third kappa shape index (κ3) is 336. The number of hydrogen-bond acceptors (Lipinski definition) is 3. The van der Waals surface area contributed by atoms with Crippen molar-refractivity contribution in [1.29, 1.82) is 0 Å². The van der Waals surface area contributed by atoms with Gasteiger partial charge in [0.25, 0.3) is 0 Å². The zero-order chi connectivity index (χ0) is 3.58. The van der Waals surface area contributed by atoms with Gasteiger partial charge in [-0.15, -0.1) is 0 Å². The fourth-order valence-corrected chi connectivity index (χ4v) is 0. The molecule has 0 aliphatic carbocycles. The molecule has 0 N–H and O–H groups in total. The fourth-order valence-electron chi connectivity index (χ4n) is 0. The van der Waals surface area contributed by atoms with E-state index in [1.54, 1.807) is 0 Å². The summed E-state index contributed by atoms with van der Waals surface area (Å²) < 4.78 is 0. The average Bonchev–Trinajstić information content (AvgIpc) is 0.811. The predicted molar refractivity (Wildman–Crippen MR) is 5.40 cm³/mol. The Bertz CT molecular complexity index is 33.8. The average molecular weight is 130 g/mol. The first-order chi connectivity index (χ1) is 1.73. The van der Waals surface area contributed by atoms with Crippen molar-refractivity contribution >= 4 is 6.16 Å². The zero-order valence-electron chi connectivity index (χ0n) is 3.03. The van der Waals surface area contributed by atoms with Gasteiger partial charge < -0.3 is 15.0 Å². The van der Waals surface area contributed by atoms with Crippen LogP contribution in [0.25, 0.3) is 0 Å². The molecule has 0 aromatic heterocycles. The molecular formula is CCuLiO3+. The topological polar surface area (TPSA) is 63.2 Å². The summed E-state index contributed by atoms with van der Waals surface area (Å²) in [6.07, 6.45) is -2.33. The molecule has 5 heteroatoms. The van der Waals surface area contributed by atoms with Crippen molar-refractivity contribution in [2.75, 3.05) is 0 Å². The van der Waals surface area contributed by atoms with E-state index < -0.39 is 6.16 Å². The van der Waals surface area contributed by atoms with Crippen molar-refractivity contribution in [1.82, 2.24) is 0 Å². The normalized spacial score (nSPS) is 4.00. The molecule has 0 spiro atoms. The molecule has 6 heavy (non-hydrogen) atoms. The third-order valence-corrected chi connectivity index (χ3v) is 0. The van der Waals surface area contributed by atoms with Crippen molar-refractivity contribution < 1.29 is 50.9 Å². The van der Waals surface area contributed by atoms with Crippen molar-refractivity contribution in [2.45, 2.75) is 0 Å². The van der Waals surface area contributed by atoms with Crippen molar-refractivity contribution in [2.24, 2.45) is 0 Å². The van der Waals surface area contributed by atoms with Crippen LogP contribution in [0.3, 0.4) is 0 Å². The summed E-state index contributed by atoms with van der Waals surface area (Å²) in [5.74, 6) is 0. The van der Waals surface area contributed by atoms with Crippen LogP contribution in [0.1, 0.15) is 0 Å². The van der Waals surface area contributed by atoms with E-state index >= 15 is 0 Å². The Morgan fingerprint density at radius 1 is 1.33 bits per heavy atom. The molecule has 0 rings (SSSR count). The Morgan fingerprint density at radius 3 is 1.33 bits per heavy atom. The van der Waals surface area contributed by atoms with Gasteiger partial charge in [-0.1, -0.05) is 0 Å². The maximum Gasteiger partial charge on any atom is 2.00 e. The van der Waals surface area contributed by atoms with Crippen LogP contribution in [-0.4, -0.2) is 6.16 Å². The molecule has 0 atom stereocenters. The van der Waals surface area contributed by atoms with Crippen LogP contribution in [0.2, 0.25) is 0 Å². The predicted octanol–water partition coefficient (Wildman–Crippen LogP) is -5.45. The first-order valence-corrected chi connectivity index (χ1v) is 0.612. The van der Waals surface area contributed by atoms with E-state index in [4.69, 9.17) is 15.0 Å². The van der Waals surface area contributed by atoms with Gasteiger partial charge in [-0.05, 0) is 6.16 Å². The summed E-state index contributed by atoms with van der Waals surface area (Å²) in [6, 6.07) is 0. The summed E-state index contributed by atoms with van der Waals surface area (Å²) >= 11 is 0. The van der Waals surface area contributed by atoms with E-state index in [-0.39, 0.29) is 35.9 Å². The number of carbonyl (C=O) groups excluding carboxylic acids is 1. The van der Waals surface area contributed by atoms with Crippen LogP contribution in [-0.2, 0) is 17.1 Å². The smallest absolute Gasteiger partial charge is 0.652 e. The molecule has 0 saturated carbocycles. The first-order valence-electron chi connectivity index (χ1n) is 0.612. The molecule has 33 valence electrons. The van der Waals surface area contributed by atoms with E-state index in [2.05, 4.69) is 0 Å². The second-order valence-electron chi connectivity index (χ2n) is 0.250. The van der Waals surface area contributed by atoms with Gasteiger partial charge in [0.05, 0.1) is 0 Å². The Morgan fingerprint density at radius 2 is 1.33 bits per heavy atom. The minimum absolute atomic E-state index is 0. The van der Waals surface area contributed by atoms with Crippen LogP contribution in [0.5, 0.6) is 0 Å². The Labute approximate surface area is 57.4 Å². The molecule has 0 fully saturated rings. The Balaban J connectivity index is -0.0000000450. The van der Waals surface area contributed by atoms with Gasteiger partial charge >= 0.3 is 35.9 Å². The zero-order valence-corrected chi connectivity index (χ0v) is 3.97. The van der Waals surface area contributed by atoms with E-state index in [0.29, 0.717) is 0 Å². The largest absolute Gasteiger partial charge is 2.00 e. The van der Waals surface area contributed by atoms with E-state index in [1.165, 1.54) is 0 Å². The van der Waals surface area contributed by atoms with Gasteiger partial charge in [-0.2, -0.15) is 0 Å². The Hall–Kier alpha value is 0.387. The van der Waals surface area contributed by atoms with Gasteiger partial charge in [0.1, 0.15) is 0 Å². The second kappa shape index (κ2) is 9.04. The van der Waals surface area contributed by atoms with Gasteiger partial charge in [0.15, 0.2) is 0 Å². The van der Waals surface area contributed by atoms with Crippen LogP contribution in [0.15, 0.2) is 0 Å². The monoisotopic (exact) mass is 130 g/mol. The molecule has 0 saturated heterocycles. The minimum atomic E-state index is -2.33. The minimum Gasteiger partial charge on any atom is -0.652 e. The number of carbonyl (C=O) groups is 1. The molecule has 0 heterocycles. The molecule has 1 radical (unpaired) electrons. The molecule has 0 aliphatic heterocycles. The summed E-state index contributed by atoms with van der Waals surface area (Å²) in [7, 11) is 0. The molecular weight excluding hydrogens is 130 g/mol. The molecule has 0 aromatic rings. The summed E-state index contributed by atoms with van der Waals surface area (Å²) in [6.45, 7) is 0. The number of hydrogen-bond donors (Lipinski definition) is 0. The Kier molecular flexibility index (Phi) is 24.3. The molecule has 0 unspecified atom stereocenters. The number of carboxylic acid groups (broad SMARTS) is 2. The van der Waals surface area contributed by atoms with Crippen molar-refractivity contribution in [3.05, 3.63) is 0 Å². The SMILES string of the molecule is O=C([O-])[O-].[Cu+2].[Li+]. The van der Waals surface area contributed by atoms with Gasteiger partial charge in [0.2, 0.25) is 0 Å². The van der Waals surface area contributed by atoms with Crippen LogP contribution in [0.4, 0.5) is 4.79 Å². The first kappa shape index (κ1) is 16.2. The second-order valence-corrected chi connectivity index (χ2v) is 0.250. The molecule has 0 aromatic carbocycles. The van der Waals surface area contributed by atoms with Gasteiger partial charge in [-0.25, -0.2) is 0 Å². The standard InChI is InChI=1S/CH2O3.Cu.Li/c2-1(3)4;;/h(H2,2,3,4);;/q;+2;+1/p-2. The number of rotatable bonds is 0. The molecule has 3 nitrogen and oxygen atoms in total. The molecule has 0 amide bonds. The summed E-state index contributed by atoms with van der Waals surface area (Å²) in [5.41, 5.74) is 0. The quantitative estimate of drug-likeness (QED) is 0.308. The summed E-state index contributed by atoms with van der Waals surface area (Å²) in [5, 5.41) is 16.7. The van der Waals surface area contributed by atoms with Crippen molar-refractivity contribution in [3.63, 3.8) is 0 Å². The fraction of sp³-hybridized carbons (Fsp3) is 0. The maximum absolute atomic E-state index is 8.33. The van der Waals surface area contributed by atoms with E-state index in [0.717, 1.165) is 0 Å². The molecule has 0 aliphatic rings. The van der Waals surface area contributed by atoms with E-state index in [1.807, 2.05) is 0 Å². The van der Waals surface area contributed by atoms with Crippen LogP contribution < -0.4 is 29.1 Å². The maximum atomic E-state index is 8.33. The summed E-state index contributed by atoms with van der Waals surface area (Å²) in [4.78, 5) is 8.33. The van der Waals surface area contributed by atoms with E-state index in [9.17, 15) is 0 Å². The van der Waals surface area contributed by atoms with Crippen molar-refractivity contribution in [3.8, 4) is 0 Å². The third-order valence-electron chi connectivity index (χ3n) is 0. The van der Waals surface area contributed by atoms with Gasteiger partial charge in [0, 0.05) is 0 Å². The van der Waals surface area contributed by atoms with Gasteiger partial charge in [-0.3, -0.25) is 0 Å². The molecule has 0 bridgehead atoms. The van der Waals surface area contributed by atoms with Crippen LogP contribution >= 0.6 is 0 Å². The van der Waals surface area contributed by atoms with Crippen LogP contribution in [0, 0.1) is 0 Å².